The number of carbonyl (C=O) groups excluding carboxylic acids is 2. The van der Waals surface area contributed by atoms with Gasteiger partial charge in [0.25, 0.3) is 11.7 Å². The Bertz CT molecular complexity index is 926. The molecule has 0 saturated carbocycles. The second-order valence-electron chi connectivity index (χ2n) is 7.66. The first-order valence-corrected chi connectivity index (χ1v) is 9.95. The van der Waals surface area contributed by atoms with Crippen LogP contribution in [0.5, 0.6) is 0 Å². The average Bonchev–Trinajstić information content (AvgIpc) is 2.93. The minimum Gasteiger partial charge on any atom is -0.507 e. The minimum atomic E-state index is -0.797. The second kappa shape index (κ2) is 8.62. The van der Waals surface area contributed by atoms with Gasteiger partial charge in [0.15, 0.2) is 0 Å². The van der Waals surface area contributed by atoms with Crippen LogP contribution in [0.1, 0.15) is 48.6 Å². The molecular weight excluding hydrogens is 366 g/mol. The third kappa shape index (κ3) is 4.25. The molecule has 0 radical (unpaired) electrons. The van der Waals surface area contributed by atoms with E-state index in [2.05, 4.69) is 6.92 Å². The van der Waals surface area contributed by atoms with E-state index in [1.54, 1.807) is 19.1 Å². The molecule has 5 nitrogen and oxygen atoms in total. The van der Waals surface area contributed by atoms with Crippen LogP contribution in [0.3, 0.4) is 0 Å². The van der Waals surface area contributed by atoms with Crippen LogP contribution in [0.15, 0.2) is 54.1 Å². The summed E-state index contributed by atoms with van der Waals surface area (Å²) in [6, 6.07) is 14.1. The molecule has 2 unspecified atom stereocenters. The number of rotatable bonds is 6. The van der Waals surface area contributed by atoms with Crippen LogP contribution in [0.25, 0.3) is 5.76 Å². The molecule has 29 heavy (non-hydrogen) atoms. The Labute approximate surface area is 171 Å². The maximum atomic E-state index is 12.8. The molecular formula is C24H27NO4. The summed E-state index contributed by atoms with van der Waals surface area (Å²) in [5.41, 5.74) is 3.47. The predicted molar refractivity (Wildman–Crippen MR) is 112 cm³/mol. The number of ketones is 1. The van der Waals surface area contributed by atoms with Crippen molar-refractivity contribution in [2.24, 2.45) is 0 Å². The number of amides is 1. The van der Waals surface area contributed by atoms with Crippen LogP contribution < -0.4 is 0 Å². The van der Waals surface area contributed by atoms with Crippen LogP contribution in [-0.2, 0) is 16.0 Å². The number of aliphatic hydroxyl groups excluding tert-OH is 2. The van der Waals surface area contributed by atoms with Crippen molar-refractivity contribution in [3.8, 4) is 0 Å². The summed E-state index contributed by atoms with van der Waals surface area (Å²) in [5, 5.41) is 20.8. The van der Waals surface area contributed by atoms with Crippen LogP contribution in [-0.4, -0.2) is 39.5 Å². The van der Waals surface area contributed by atoms with E-state index in [4.69, 9.17) is 0 Å². The van der Waals surface area contributed by atoms with Crippen LogP contribution in [0.2, 0.25) is 0 Å². The Morgan fingerprint density at radius 2 is 1.69 bits per heavy atom. The van der Waals surface area contributed by atoms with Gasteiger partial charge in [0.1, 0.15) is 5.76 Å². The lowest BCUT2D eigenvalue weighted by atomic mass is 9.94. The first kappa shape index (κ1) is 20.8. The number of Topliss-reactive ketones (excluding diaryl/α,β-unsaturated/α-hetero) is 1. The SMILES string of the molecule is CCCc1ccc(C2/C(=C(\O)c3ccc(C)cc3)C(=O)C(=O)N2CC(C)O)cc1. The lowest BCUT2D eigenvalue weighted by Gasteiger charge is -2.26. The Kier molecular flexibility index (Phi) is 6.18. The molecule has 0 aliphatic carbocycles. The predicted octanol–water partition coefficient (Wildman–Crippen LogP) is 3.75. The summed E-state index contributed by atoms with van der Waals surface area (Å²) in [7, 11) is 0. The Morgan fingerprint density at radius 3 is 2.24 bits per heavy atom. The quantitative estimate of drug-likeness (QED) is 0.445. The molecule has 152 valence electrons. The molecule has 2 aromatic rings. The molecule has 2 aromatic carbocycles. The van der Waals surface area contributed by atoms with Crippen molar-refractivity contribution in [1.82, 2.24) is 4.90 Å². The van der Waals surface area contributed by atoms with E-state index in [1.165, 1.54) is 10.5 Å². The van der Waals surface area contributed by atoms with Gasteiger partial charge in [0, 0.05) is 12.1 Å². The molecule has 3 rings (SSSR count). The molecule has 0 spiro atoms. The molecule has 1 aliphatic heterocycles. The Hall–Kier alpha value is -2.92. The van der Waals surface area contributed by atoms with Crippen LogP contribution in [0, 0.1) is 6.92 Å². The minimum absolute atomic E-state index is 0.0105. The summed E-state index contributed by atoms with van der Waals surface area (Å²) in [6.45, 7) is 5.62. The normalized spacial score (nSPS) is 19.6. The van der Waals surface area contributed by atoms with Crippen molar-refractivity contribution >= 4 is 17.4 Å². The number of benzene rings is 2. The van der Waals surface area contributed by atoms with Crippen molar-refractivity contribution in [2.45, 2.75) is 45.8 Å². The number of nitrogens with zero attached hydrogens (tertiary/aromatic N) is 1. The van der Waals surface area contributed by atoms with Gasteiger partial charge in [-0.3, -0.25) is 9.59 Å². The van der Waals surface area contributed by atoms with Crippen molar-refractivity contribution in [1.29, 1.82) is 0 Å². The highest BCUT2D eigenvalue weighted by atomic mass is 16.3. The second-order valence-corrected chi connectivity index (χ2v) is 7.66. The molecule has 5 heteroatoms. The maximum Gasteiger partial charge on any atom is 0.295 e. The van der Waals surface area contributed by atoms with E-state index in [9.17, 15) is 19.8 Å². The number of carbonyl (C=O) groups is 2. The van der Waals surface area contributed by atoms with E-state index in [1.807, 2.05) is 43.3 Å². The zero-order chi connectivity index (χ0) is 21.1. The number of hydrogen-bond acceptors (Lipinski definition) is 4. The smallest absolute Gasteiger partial charge is 0.295 e. The molecule has 1 fully saturated rings. The van der Waals surface area contributed by atoms with Gasteiger partial charge in [-0.2, -0.15) is 0 Å². The van der Waals surface area contributed by atoms with Gasteiger partial charge >= 0.3 is 0 Å². The number of β-amino-alcohol motifs (C(OH)–C–C–N with tert-alkyl or cyclic N) is 1. The fourth-order valence-electron chi connectivity index (χ4n) is 3.72. The fourth-order valence-corrected chi connectivity index (χ4v) is 3.72. The topological polar surface area (TPSA) is 77.8 Å². The highest BCUT2D eigenvalue weighted by Gasteiger charge is 2.46. The number of likely N-dealkylation sites (tertiary alicyclic amines) is 1. The van der Waals surface area contributed by atoms with Gasteiger partial charge in [-0.25, -0.2) is 0 Å². The van der Waals surface area contributed by atoms with E-state index < -0.39 is 23.8 Å². The molecule has 2 N–H and O–H groups in total. The van der Waals surface area contributed by atoms with Crippen molar-refractivity contribution < 1.29 is 19.8 Å². The summed E-state index contributed by atoms with van der Waals surface area (Å²) < 4.78 is 0. The maximum absolute atomic E-state index is 12.8. The van der Waals surface area contributed by atoms with E-state index >= 15 is 0 Å². The molecule has 0 aromatic heterocycles. The Morgan fingerprint density at radius 1 is 1.07 bits per heavy atom. The van der Waals surface area contributed by atoms with Crippen LogP contribution >= 0.6 is 0 Å². The zero-order valence-electron chi connectivity index (χ0n) is 17.1. The van der Waals surface area contributed by atoms with E-state index in [-0.39, 0.29) is 17.9 Å². The monoisotopic (exact) mass is 393 g/mol. The third-order valence-corrected chi connectivity index (χ3v) is 5.16. The summed E-state index contributed by atoms with van der Waals surface area (Å²) in [5.74, 6) is -1.63. The molecule has 1 saturated heterocycles. The molecule has 1 amide bonds. The first-order valence-electron chi connectivity index (χ1n) is 9.95. The fraction of sp³-hybridized carbons (Fsp3) is 0.333. The van der Waals surface area contributed by atoms with Gasteiger partial charge in [-0.1, -0.05) is 67.4 Å². The number of aryl methyl sites for hydroxylation is 2. The first-order chi connectivity index (χ1) is 13.8. The average molecular weight is 393 g/mol. The summed E-state index contributed by atoms with van der Waals surface area (Å²) >= 11 is 0. The number of hydrogen-bond donors (Lipinski definition) is 2. The lowest BCUT2D eigenvalue weighted by Crippen LogP contribution is -2.35. The largest absolute Gasteiger partial charge is 0.507 e. The highest BCUT2D eigenvalue weighted by molar-refractivity contribution is 6.46. The number of aliphatic hydroxyl groups is 2. The van der Waals surface area contributed by atoms with Gasteiger partial charge in [0.05, 0.1) is 17.7 Å². The summed E-state index contributed by atoms with van der Waals surface area (Å²) in [6.07, 6.45) is 1.17. The molecule has 1 aliphatic rings. The van der Waals surface area contributed by atoms with Gasteiger partial charge < -0.3 is 15.1 Å². The third-order valence-electron chi connectivity index (χ3n) is 5.16. The summed E-state index contributed by atoms with van der Waals surface area (Å²) in [4.78, 5) is 26.9. The van der Waals surface area contributed by atoms with Crippen molar-refractivity contribution in [3.05, 3.63) is 76.4 Å². The molecule has 1 heterocycles. The van der Waals surface area contributed by atoms with E-state index in [0.717, 1.165) is 24.0 Å². The van der Waals surface area contributed by atoms with Crippen molar-refractivity contribution in [3.63, 3.8) is 0 Å². The zero-order valence-corrected chi connectivity index (χ0v) is 17.1. The molecule has 0 bridgehead atoms. The van der Waals surface area contributed by atoms with Crippen molar-refractivity contribution in [2.75, 3.05) is 6.54 Å². The lowest BCUT2D eigenvalue weighted by molar-refractivity contribution is -0.140. The van der Waals surface area contributed by atoms with Gasteiger partial charge in [0.2, 0.25) is 0 Å². The Balaban J connectivity index is 2.13. The van der Waals surface area contributed by atoms with Gasteiger partial charge in [-0.05, 0) is 31.4 Å². The van der Waals surface area contributed by atoms with Crippen LogP contribution in [0.4, 0.5) is 0 Å². The van der Waals surface area contributed by atoms with Gasteiger partial charge in [-0.15, -0.1) is 0 Å². The highest BCUT2D eigenvalue weighted by Crippen LogP contribution is 2.39. The van der Waals surface area contributed by atoms with E-state index in [0.29, 0.717) is 5.56 Å². The standard InChI is InChI=1S/C24H27NO4/c1-4-5-17-8-12-18(13-9-17)21-20(22(27)19-10-6-15(2)7-11-19)23(28)24(29)25(21)14-16(3)26/h6-13,16,21,26-27H,4-5,14H2,1-3H3/b22-20+. The molecule has 2 atom stereocenters.